The molecule has 0 spiro atoms. The molecule has 19 heavy (non-hydrogen) atoms. The molecule has 0 aromatic carbocycles. The van der Waals surface area contributed by atoms with Gasteiger partial charge in [-0.2, -0.15) is 0 Å². The molecule has 0 aliphatic heterocycles. The molecule has 0 saturated heterocycles. The summed E-state index contributed by atoms with van der Waals surface area (Å²) in [5, 5.41) is 0. The molecule has 0 unspecified atom stereocenters. The maximum atomic E-state index is 5.96. The molecule has 1 saturated carbocycles. The van der Waals surface area contributed by atoms with Gasteiger partial charge in [0.2, 0.25) is 0 Å². The summed E-state index contributed by atoms with van der Waals surface area (Å²) in [6.45, 7) is 1.47. The van der Waals surface area contributed by atoms with Crippen molar-refractivity contribution in [2.24, 2.45) is 0 Å². The SMILES string of the molecule is ClCc1nc2cccnc2n1CCOC1CCCC1. The van der Waals surface area contributed by atoms with Gasteiger partial charge in [0.05, 0.1) is 18.6 Å². The van der Waals surface area contributed by atoms with Crippen molar-refractivity contribution in [3.8, 4) is 0 Å². The van der Waals surface area contributed by atoms with E-state index in [1.54, 1.807) is 6.20 Å². The van der Waals surface area contributed by atoms with E-state index in [-0.39, 0.29) is 0 Å². The Labute approximate surface area is 117 Å². The number of hydrogen-bond acceptors (Lipinski definition) is 3. The van der Waals surface area contributed by atoms with Gasteiger partial charge in [-0.25, -0.2) is 9.97 Å². The Balaban J connectivity index is 1.71. The molecular formula is C14H18ClN3O. The Morgan fingerprint density at radius 2 is 2.21 bits per heavy atom. The number of fused-ring (bicyclic) bond motifs is 1. The number of alkyl halides is 1. The lowest BCUT2D eigenvalue weighted by molar-refractivity contribution is 0.0531. The van der Waals surface area contributed by atoms with E-state index in [1.165, 1.54) is 25.7 Å². The van der Waals surface area contributed by atoms with Crippen LogP contribution in [-0.4, -0.2) is 27.2 Å². The van der Waals surface area contributed by atoms with E-state index in [1.807, 2.05) is 12.1 Å². The van der Waals surface area contributed by atoms with E-state index >= 15 is 0 Å². The van der Waals surface area contributed by atoms with Gasteiger partial charge in [-0.3, -0.25) is 0 Å². The van der Waals surface area contributed by atoms with Crippen molar-refractivity contribution in [1.82, 2.24) is 14.5 Å². The summed E-state index contributed by atoms with van der Waals surface area (Å²) in [6, 6.07) is 3.86. The lowest BCUT2D eigenvalue weighted by Gasteiger charge is -2.12. The fourth-order valence-electron chi connectivity index (χ4n) is 2.71. The summed E-state index contributed by atoms with van der Waals surface area (Å²) in [6.07, 6.45) is 7.23. The number of ether oxygens (including phenoxy) is 1. The average molecular weight is 280 g/mol. The largest absolute Gasteiger partial charge is 0.376 e. The van der Waals surface area contributed by atoms with Crippen LogP contribution in [0.1, 0.15) is 31.5 Å². The predicted molar refractivity (Wildman–Crippen MR) is 75.3 cm³/mol. The van der Waals surface area contributed by atoms with Crippen LogP contribution in [0.15, 0.2) is 18.3 Å². The molecular weight excluding hydrogens is 262 g/mol. The van der Waals surface area contributed by atoms with Gasteiger partial charge < -0.3 is 9.30 Å². The van der Waals surface area contributed by atoms with Gasteiger partial charge in [-0.15, -0.1) is 11.6 Å². The molecule has 5 heteroatoms. The number of imidazole rings is 1. The van der Waals surface area contributed by atoms with Gasteiger partial charge in [0.1, 0.15) is 11.3 Å². The van der Waals surface area contributed by atoms with Crippen molar-refractivity contribution in [3.63, 3.8) is 0 Å². The van der Waals surface area contributed by atoms with Crippen molar-refractivity contribution >= 4 is 22.8 Å². The Morgan fingerprint density at radius 1 is 1.37 bits per heavy atom. The molecule has 0 atom stereocenters. The smallest absolute Gasteiger partial charge is 0.160 e. The molecule has 102 valence electrons. The highest BCUT2D eigenvalue weighted by Crippen LogP contribution is 2.21. The number of hydrogen-bond donors (Lipinski definition) is 0. The van der Waals surface area contributed by atoms with Gasteiger partial charge in [0, 0.05) is 12.7 Å². The molecule has 0 amide bonds. The first-order chi connectivity index (χ1) is 9.38. The van der Waals surface area contributed by atoms with Crippen LogP contribution in [0.3, 0.4) is 0 Å². The highest BCUT2D eigenvalue weighted by atomic mass is 35.5. The molecule has 1 fully saturated rings. The minimum Gasteiger partial charge on any atom is -0.376 e. The third kappa shape index (κ3) is 2.74. The summed E-state index contributed by atoms with van der Waals surface area (Å²) < 4.78 is 7.97. The summed E-state index contributed by atoms with van der Waals surface area (Å²) >= 11 is 5.96. The van der Waals surface area contributed by atoms with Gasteiger partial charge in [-0.05, 0) is 25.0 Å². The van der Waals surface area contributed by atoms with Crippen molar-refractivity contribution in [1.29, 1.82) is 0 Å². The van der Waals surface area contributed by atoms with Gasteiger partial charge in [0.25, 0.3) is 0 Å². The lowest BCUT2D eigenvalue weighted by Crippen LogP contribution is -2.14. The predicted octanol–water partition coefficient (Wildman–Crippen LogP) is 3.13. The van der Waals surface area contributed by atoms with Gasteiger partial charge in [-0.1, -0.05) is 12.8 Å². The van der Waals surface area contributed by atoms with Crippen molar-refractivity contribution in [2.45, 2.75) is 44.2 Å². The van der Waals surface area contributed by atoms with E-state index in [9.17, 15) is 0 Å². The topological polar surface area (TPSA) is 39.9 Å². The standard InChI is InChI=1S/C14H18ClN3O/c15-10-13-17-12-6-3-7-16-14(12)18(13)8-9-19-11-4-1-2-5-11/h3,6-7,11H,1-2,4-5,8-10H2. The van der Waals surface area contributed by atoms with Gasteiger partial charge >= 0.3 is 0 Å². The highest BCUT2D eigenvalue weighted by molar-refractivity contribution is 6.16. The second-order valence-electron chi connectivity index (χ2n) is 4.94. The van der Waals surface area contributed by atoms with Crippen LogP contribution < -0.4 is 0 Å². The fourth-order valence-corrected chi connectivity index (χ4v) is 2.91. The summed E-state index contributed by atoms with van der Waals surface area (Å²) in [7, 11) is 0. The van der Waals surface area contributed by atoms with Crippen LogP contribution in [0.25, 0.3) is 11.2 Å². The van der Waals surface area contributed by atoms with Crippen LogP contribution in [0, 0.1) is 0 Å². The second-order valence-corrected chi connectivity index (χ2v) is 5.20. The Kier molecular flexibility index (Phi) is 3.99. The summed E-state index contributed by atoms with van der Waals surface area (Å²) in [4.78, 5) is 8.88. The minimum atomic E-state index is 0.403. The van der Waals surface area contributed by atoms with Crippen LogP contribution in [-0.2, 0) is 17.2 Å². The van der Waals surface area contributed by atoms with Crippen molar-refractivity contribution in [3.05, 3.63) is 24.2 Å². The van der Waals surface area contributed by atoms with E-state index in [0.717, 1.165) is 23.5 Å². The number of rotatable bonds is 5. The van der Waals surface area contributed by atoms with Crippen LogP contribution in [0.2, 0.25) is 0 Å². The van der Waals surface area contributed by atoms with E-state index in [2.05, 4.69) is 14.5 Å². The van der Waals surface area contributed by atoms with E-state index in [4.69, 9.17) is 16.3 Å². The highest BCUT2D eigenvalue weighted by Gasteiger charge is 2.16. The van der Waals surface area contributed by atoms with E-state index in [0.29, 0.717) is 18.6 Å². The van der Waals surface area contributed by atoms with E-state index < -0.39 is 0 Å². The van der Waals surface area contributed by atoms with Crippen LogP contribution in [0.5, 0.6) is 0 Å². The third-order valence-corrected chi connectivity index (χ3v) is 3.91. The first kappa shape index (κ1) is 12.9. The zero-order chi connectivity index (χ0) is 13.1. The Hall–Kier alpha value is -1.13. The molecule has 0 radical (unpaired) electrons. The first-order valence-electron chi connectivity index (χ1n) is 6.86. The average Bonchev–Trinajstić information content (AvgIpc) is 3.06. The quantitative estimate of drug-likeness (QED) is 0.790. The summed E-state index contributed by atoms with van der Waals surface area (Å²) in [5.74, 6) is 1.27. The Bertz CT molecular complexity index is 549. The van der Waals surface area contributed by atoms with Crippen LogP contribution >= 0.6 is 11.6 Å². The maximum absolute atomic E-state index is 5.96. The normalized spacial score (nSPS) is 16.5. The third-order valence-electron chi connectivity index (χ3n) is 3.67. The van der Waals surface area contributed by atoms with Crippen molar-refractivity contribution in [2.75, 3.05) is 6.61 Å². The Morgan fingerprint density at radius 3 is 3.00 bits per heavy atom. The number of halogens is 1. The lowest BCUT2D eigenvalue weighted by atomic mass is 10.3. The molecule has 2 aromatic rings. The maximum Gasteiger partial charge on any atom is 0.160 e. The molecule has 1 aliphatic rings. The molecule has 2 aromatic heterocycles. The summed E-state index contributed by atoms with van der Waals surface area (Å²) in [5.41, 5.74) is 1.80. The molecule has 2 heterocycles. The molecule has 4 nitrogen and oxygen atoms in total. The fraction of sp³-hybridized carbons (Fsp3) is 0.571. The van der Waals surface area contributed by atoms with Crippen molar-refractivity contribution < 1.29 is 4.74 Å². The van der Waals surface area contributed by atoms with Gasteiger partial charge in [0.15, 0.2) is 5.65 Å². The number of nitrogens with zero attached hydrogens (tertiary/aromatic N) is 3. The minimum absolute atomic E-state index is 0.403. The monoisotopic (exact) mass is 279 g/mol. The first-order valence-corrected chi connectivity index (χ1v) is 7.39. The molecule has 0 N–H and O–H groups in total. The number of aromatic nitrogens is 3. The molecule has 3 rings (SSSR count). The number of pyridine rings is 1. The second kappa shape index (κ2) is 5.88. The molecule has 0 bridgehead atoms. The molecule has 1 aliphatic carbocycles. The zero-order valence-corrected chi connectivity index (χ0v) is 11.6. The van der Waals surface area contributed by atoms with Crippen LogP contribution in [0.4, 0.5) is 0 Å². The zero-order valence-electron chi connectivity index (χ0n) is 10.9.